The van der Waals surface area contributed by atoms with Crippen molar-refractivity contribution in [3.05, 3.63) is 48.2 Å². The molecule has 0 radical (unpaired) electrons. The van der Waals surface area contributed by atoms with Crippen LogP contribution in [0.1, 0.15) is 18.0 Å². The number of carboxylic acid groups (broad SMARTS) is 1. The first-order chi connectivity index (χ1) is 11.6. The molecule has 2 N–H and O–H groups in total. The molecule has 1 amide bonds. The Balaban J connectivity index is 1.74. The second kappa shape index (κ2) is 5.56. The van der Waals surface area contributed by atoms with Crippen LogP contribution < -0.4 is 10.1 Å². The number of nitrogens with zero attached hydrogens (tertiary/aromatic N) is 2. The fourth-order valence-corrected chi connectivity index (χ4v) is 3.19. The van der Waals surface area contributed by atoms with E-state index in [0.29, 0.717) is 13.0 Å². The van der Waals surface area contributed by atoms with Gasteiger partial charge in [-0.05, 0) is 23.3 Å². The van der Waals surface area contributed by atoms with Gasteiger partial charge in [-0.1, -0.05) is 24.3 Å². The highest BCUT2D eigenvalue weighted by Gasteiger charge is 2.23. The molecule has 0 saturated heterocycles. The van der Waals surface area contributed by atoms with E-state index in [9.17, 15) is 4.79 Å². The number of benzene rings is 2. The van der Waals surface area contributed by atoms with Crippen molar-refractivity contribution in [1.82, 2.24) is 15.1 Å². The van der Waals surface area contributed by atoms with E-state index < -0.39 is 6.09 Å². The van der Waals surface area contributed by atoms with E-state index in [2.05, 4.69) is 22.5 Å². The van der Waals surface area contributed by atoms with Crippen LogP contribution >= 0.6 is 0 Å². The molecule has 0 fully saturated rings. The van der Waals surface area contributed by atoms with E-state index in [1.165, 1.54) is 0 Å². The van der Waals surface area contributed by atoms with Gasteiger partial charge in [0.2, 0.25) is 0 Å². The maximum atomic E-state index is 10.9. The molecule has 0 aliphatic carbocycles. The second-order valence-corrected chi connectivity index (χ2v) is 5.93. The molecule has 122 valence electrons. The molecule has 2 aromatic carbocycles. The van der Waals surface area contributed by atoms with E-state index in [-0.39, 0.29) is 6.04 Å². The summed E-state index contributed by atoms with van der Waals surface area (Å²) < 4.78 is 7.59. The lowest BCUT2D eigenvalue weighted by Gasteiger charge is -2.26. The molecular formula is C18H17N3O3. The number of hydrogen-bond acceptors (Lipinski definition) is 3. The standard InChI is InChI=1S/C18H17N3O3/c1-21-16-8-11(2-3-13(16)10-19-21)12-4-5-14-15(20-18(22)23)6-7-24-17(14)9-12/h2-5,8-10,15,20H,6-7H2,1H3,(H,22,23). The zero-order valence-electron chi connectivity index (χ0n) is 13.2. The molecular weight excluding hydrogens is 306 g/mol. The van der Waals surface area contributed by atoms with Crippen molar-refractivity contribution in [3.8, 4) is 16.9 Å². The summed E-state index contributed by atoms with van der Waals surface area (Å²) in [7, 11) is 1.92. The third-order valence-electron chi connectivity index (χ3n) is 4.43. The molecule has 0 bridgehead atoms. The quantitative estimate of drug-likeness (QED) is 0.758. The van der Waals surface area contributed by atoms with Gasteiger partial charge in [0, 0.05) is 24.4 Å². The number of fused-ring (bicyclic) bond motifs is 2. The van der Waals surface area contributed by atoms with E-state index >= 15 is 0 Å². The fraction of sp³-hybridized carbons (Fsp3) is 0.222. The number of amides is 1. The minimum absolute atomic E-state index is 0.222. The van der Waals surface area contributed by atoms with Crippen LogP contribution in [0.3, 0.4) is 0 Å². The van der Waals surface area contributed by atoms with E-state index in [4.69, 9.17) is 9.84 Å². The molecule has 2 heterocycles. The number of rotatable bonds is 2. The Bertz CT molecular complexity index is 932. The Morgan fingerprint density at radius 2 is 2.08 bits per heavy atom. The molecule has 6 heteroatoms. The zero-order valence-corrected chi connectivity index (χ0v) is 13.2. The summed E-state index contributed by atoms with van der Waals surface area (Å²) in [4.78, 5) is 10.9. The Morgan fingerprint density at radius 3 is 2.92 bits per heavy atom. The number of nitrogens with one attached hydrogen (secondary N) is 1. The van der Waals surface area contributed by atoms with Crippen molar-refractivity contribution in [3.63, 3.8) is 0 Å². The summed E-state index contributed by atoms with van der Waals surface area (Å²) in [6.07, 6.45) is 1.47. The van der Waals surface area contributed by atoms with Gasteiger partial charge in [-0.15, -0.1) is 0 Å². The van der Waals surface area contributed by atoms with E-state index in [0.717, 1.165) is 33.3 Å². The Hall–Kier alpha value is -3.02. The van der Waals surface area contributed by atoms with Crippen LogP contribution in [0.4, 0.5) is 4.79 Å². The molecule has 0 saturated carbocycles. The number of ether oxygens (including phenoxy) is 1. The summed E-state index contributed by atoms with van der Waals surface area (Å²) in [5.74, 6) is 0.739. The number of aryl methyl sites for hydroxylation is 1. The fourth-order valence-electron chi connectivity index (χ4n) is 3.19. The molecule has 1 unspecified atom stereocenters. The molecule has 1 atom stereocenters. The molecule has 4 rings (SSSR count). The van der Waals surface area contributed by atoms with Gasteiger partial charge in [-0.3, -0.25) is 4.68 Å². The van der Waals surface area contributed by atoms with Crippen molar-refractivity contribution in [1.29, 1.82) is 0 Å². The molecule has 0 spiro atoms. The highest BCUT2D eigenvalue weighted by Crippen LogP contribution is 2.36. The van der Waals surface area contributed by atoms with Crippen molar-refractivity contribution < 1.29 is 14.6 Å². The summed E-state index contributed by atoms with van der Waals surface area (Å²) in [5, 5.41) is 16.9. The van der Waals surface area contributed by atoms with Crippen LogP contribution in [-0.4, -0.2) is 27.6 Å². The van der Waals surface area contributed by atoms with Gasteiger partial charge in [0.1, 0.15) is 5.75 Å². The lowest BCUT2D eigenvalue weighted by atomic mass is 9.96. The van der Waals surface area contributed by atoms with Crippen LogP contribution in [0.15, 0.2) is 42.6 Å². The van der Waals surface area contributed by atoms with Gasteiger partial charge in [-0.2, -0.15) is 5.10 Å². The third kappa shape index (κ3) is 2.46. The maximum Gasteiger partial charge on any atom is 0.405 e. The second-order valence-electron chi connectivity index (χ2n) is 5.93. The maximum absolute atomic E-state index is 10.9. The average Bonchev–Trinajstić information content (AvgIpc) is 2.95. The van der Waals surface area contributed by atoms with Gasteiger partial charge < -0.3 is 15.2 Å². The van der Waals surface area contributed by atoms with Gasteiger partial charge in [-0.25, -0.2) is 4.79 Å². The van der Waals surface area contributed by atoms with Crippen molar-refractivity contribution >= 4 is 17.0 Å². The van der Waals surface area contributed by atoms with Gasteiger partial charge >= 0.3 is 6.09 Å². The first-order valence-electron chi connectivity index (χ1n) is 7.80. The number of carbonyl (C=O) groups is 1. The first kappa shape index (κ1) is 14.6. The Morgan fingerprint density at radius 1 is 1.29 bits per heavy atom. The van der Waals surface area contributed by atoms with Gasteiger partial charge in [0.25, 0.3) is 0 Å². The third-order valence-corrected chi connectivity index (χ3v) is 4.43. The minimum atomic E-state index is -1.02. The Labute approximate surface area is 138 Å². The van der Waals surface area contributed by atoms with Crippen molar-refractivity contribution in [2.45, 2.75) is 12.5 Å². The molecule has 6 nitrogen and oxygen atoms in total. The summed E-state index contributed by atoms with van der Waals surface area (Å²) in [6.45, 7) is 0.502. The summed E-state index contributed by atoms with van der Waals surface area (Å²) in [6, 6.07) is 11.9. The average molecular weight is 323 g/mol. The van der Waals surface area contributed by atoms with E-state index in [1.807, 2.05) is 42.2 Å². The lowest BCUT2D eigenvalue weighted by Crippen LogP contribution is -2.30. The smallest absolute Gasteiger partial charge is 0.405 e. The topological polar surface area (TPSA) is 76.4 Å². The SMILES string of the molecule is Cn1ncc2ccc(-c3ccc4c(c3)OCCC4NC(=O)O)cc21. The minimum Gasteiger partial charge on any atom is -0.493 e. The van der Waals surface area contributed by atoms with Crippen LogP contribution in [0.5, 0.6) is 5.75 Å². The highest BCUT2D eigenvalue weighted by molar-refractivity contribution is 5.84. The summed E-state index contributed by atoms with van der Waals surface area (Å²) >= 11 is 0. The molecule has 1 aliphatic rings. The van der Waals surface area contributed by atoms with E-state index in [1.54, 1.807) is 0 Å². The van der Waals surface area contributed by atoms with Gasteiger partial charge in [0.05, 0.1) is 24.4 Å². The van der Waals surface area contributed by atoms with Crippen LogP contribution in [0.2, 0.25) is 0 Å². The van der Waals surface area contributed by atoms with Crippen LogP contribution in [0, 0.1) is 0 Å². The van der Waals surface area contributed by atoms with Crippen molar-refractivity contribution in [2.75, 3.05) is 6.61 Å². The predicted molar refractivity (Wildman–Crippen MR) is 90.2 cm³/mol. The van der Waals surface area contributed by atoms with Crippen LogP contribution in [0.25, 0.3) is 22.0 Å². The molecule has 24 heavy (non-hydrogen) atoms. The zero-order chi connectivity index (χ0) is 16.7. The van der Waals surface area contributed by atoms with Crippen LogP contribution in [-0.2, 0) is 7.05 Å². The summed E-state index contributed by atoms with van der Waals surface area (Å²) in [5.41, 5.74) is 4.06. The lowest BCUT2D eigenvalue weighted by molar-refractivity contribution is 0.182. The molecule has 1 aromatic heterocycles. The first-order valence-corrected chi connectivity index (χ1v) is 7.80. The van der Waals surface area contributed by atoms with Crippen molar-refractivity contribution in [2.24, 2.45) is 7.05 Å². The molecule has 1 aliphatic heterocycles. The number of hydrogen-bond donors (Lipinski definition) is 2. The monoisotopic (exact) mass is 323 g/mol. The highest BCUT2D eigenvalue weighted by atomic mass is 16.5. The molecule has 3 aromatic rings. The Kier molecular flexibility index (Phi) is 3.37. The number of aromatic nitrogens is 2. The normalized spacial score (nSPS) is 16.5. The predicted octanol–water partition coefficient (Wildman–Crippen LogP) is 3.33. The largest absolute Gasteiger partial charge is 0.493 e. The van der Waals surface area contributed by atoms with Gasteiger partial charge in [0.15, 0.2) is 0 Å².